The van der Waals surface area contributed by atoms with Crippen LogP contribution in [-0.4, -0.2) is 54.7 Å². The molecule has 140 valence electrons. The number of anilines is 2. The third-order valence-electron chi connectivity index (χ3n) is 5.35. The lowest BCUT2D eigenvalue weighted by molar-refractivity contribution is -0.138. The van der Waals surface area contributed by atoms with Crippen molar-refractivity contribution in [2.24, 2.45) is 0 Å². The Bertz CT molecular complexity index is 865. The summed E-state index contributed by atoms with van der Waals surface area (Å²) < 4.78 is -1.11. The third-order valence-corrected chi connectivity index (χ3v) is 6.67. The number of piperazine rings is 1. The molecule has 0 saturated carbocycles. The van der Waals surface area contributed by atoms with Gasteiger partial charge in [-0.1, -0.05) is 42.1 Å². The summed E-state index contributed by atoms with van der Waals surface area (Å²) >= 11 is 1.37. The quantitative estimate of drug-likeness (QED) is 0.751. The Morgan fingerprint density at radius 2 is 1.59 bits per heavy atom. The minimum atomic E-state index is -1.11. The molecule has 2 amide bonds. The van der Waals surface area contributed by atoms with Gasteiger partial charge in [-0.25, -0.2) is 0 Å². The molecule has 1 saturated heterocycles. The van der Waals surface area contributed by atoms with Crippen LogP contribution in [-0.2, 0) is 9.59 Å². The number of amides is 2. The van der Waals surface area contributed by atoms with Crippen LogP contribution in [0.25, 0.3) is 0 Å². The Labute approximate surface area is 163 Å². The molecule has 0 spiro atoms. The van der Waals surface area contributed by atoms with Crippen LogP contribution in [0.1, 0.15) is 6.92 Å². The Morgan fingerprint density at radius 1 is 0.963 bits per heavy atom. The summed E-state index contributed by atoms with van der Waals surface area (Å²) in [6.07, 6.45) is 0. The maximum atomic E-state index is 13.3. The zero-order chi connectivity index (χ0) is 19.0. The SMILES string of the molecule is CN1C(=O)C(C)(C(=O)N2CCN(c3ccccc3)CC2)Sc2ccccc21. The number of fused-ring (bicyclic) bond motifs is 1. The molecule has 27 heavy (non-hydrogen) atoms. The van der Waals surface area contributed by atoms with Crippen LogP contribution < -0.4 is 9.80 Å². The van der Waals surface area contributed by atoms with Crippen LogP contribution in [0.2, 0.25) is 0 Å². The van der Waals surface area contributed by atoms with E-state index in [0.29, 0.717) is 13.1 Å². The van der Waals surface area contributed by atoms with Gasteiger partial charge in [-0.05, 0) is 31.2 Å². The molecule has 0 aliphatic carbocycles. The predicted molar refractivity (Wildman–Crippen MR) is 109 cm³/mol. The summed E-state index contributed by atoms with van der Waals surface area (Å²) in [7, 11) is 1.75. The Balaban J connectivity index is 1.51. The van der Waals surface area contributed by atoms with Crippen molar-refractivity contribution in [3.05, 3.63) is 54.6 Å². The molecule has 2 aromatic carbocycles. The number of hydrogen-bond acceptors (Lipinski definition) is 4. The van der Waals surface area contributed by atoms with Gasteiger partial charge in [0.15, 0.2) is 4.75 Å². The Kier molecular flexibility index (Phi) is 4.60. The van der Waals surface area contributed by atoms with Crippen LogP contribution in [0.5, 0.6) is 0 Å². The van der Waals surface area contributed by atoms with Gasteiger partial charge in [0.1, 0.15) is 0 Å². The number of benzene rings is 2. The van der Waals surface area contributed by atoms with Crippen LogP contribution in [0, 0.1) is 0 Å². The highest BCUT2D eigenvalue weighted by Crippen LogP contribution is 2.45. The third kappa shape index (κ3) is 3.08. The molecule has 5 nitrogen and oxygen atoms in total. The van der Waals surface area contributed by atoms with Crippen molar-refractivity contribution in [3.63, 3.8) is 0 Å². The highest BCUT2D eigenvalue weighted by atomic mass is 32.2. The molecular weight excluding hydrogens is 358 g/mol. The van der Waals surface area contributed by atoms with Gasteiger partial charge >= 0.3 is 0 Å². The summed E-state index contributed by atoms with van der Waals surface area (Å²) in [6, 6.07) is 18.0. The van der Waals surface area contributed by atoms with Crippen LogP contribution in [0.3, 0.4) is 0 Å². The summed E-state index contributed by atoms with van der Waals surface area (Å²) in [5.74, 6) is -0.242. The molecule has 1 unspecified atom stereocenters. The van der Waals surface area contributed by atoms with Crippen molar-refractivity contribution >= 4 is 35.0 Å². The van der Waals surface area contributed by atoms with Crippen molar-refractivity contribution in [2.45, 2.75) is 16.6 Å². The molecule has 0 radical (unpaired) electrons. The molecular formula is C21H23N3O2S. The monoisotopic (exact) mass is 381 g/mol. The predicted octanol–water partition coefficient (Wildman–Crippen LogP) is 2.86. The standard InChI is InChI=1S/C21H23N3O2S/c1-21(19(25)22(2)17-10-6-7-11-18(17)27-21)20(26)24-14-12-23(13-15-24)16-8-4-3-5-9-16/h3-11H,12-15H2,1-2H3. The van der Waals surface area contributed by atoms with Gasteiger partial charge in [0, 0.05) is 43.8 Å². The minimum absolute atomic E-state index is 0.0911. The van der Waals surface area contributed by atoms with Crippen molar-refractivity contribution in [3.8, 4) is 0 Å². The zero-order valence-electron chi connectivity index (χ0n) is 15.6. The second-order valence-corrected chi connectivity index (χ2v) is 8.54. The average molecular weight is 382 g/mol. The fourth-order valence-electron chi connectivity index (χ4n) is 3.76. The number of nitrogens with zero attached hydrogens (tertiary/aromatic N) is 3. The lowest BCUT2D eigenvalue weighted by Crippen LogP contribution is -2.59. The molecule has 4 rings (SSSR count). The lowest BCUT2D eigenvalue weighted by atomic mass is 10.1. The fraction of sp³-hybridized carbons (Fsp3) is 0.333. The zero-order valence-corrected chi connectivity index (χ0v) is 16.4. The van der Waals surface area contributed by atoms with Gasteiger partial charge < -0.3 is 14.7 Å². The summed E-state index contributed by atoms with van der Waals surface area (Å²) in [5, 5.41) is 0. The summed E-state index contributed by atoms with van der Waals surface area (Å²) in [5.41, 5.74) is 2.04. The molecule has 1 fully saturated rings. The molecule has 0 N–H and O–H groups in total. The topological polar surface area (TPSA) is 43.9 Å². The smallest absolute Gasteiger partial charge is 0.252 e. The largest absolute Gasteiger partial charge is 0.368 e. The number of rotatable bonds is 2. The molecule has 2 aliphatic rings. The van der Waals surface area contributed by atoms with Gasteiger partial charge in [-0.2, -0.15) is 0 Å². The summed E-state index contributed by atoms with van der Waals surface area (Å²) in [4.78, 5) is 33.1. The van der Waals surface area contributed by atoms with E-state index in [4.69, 9.17) is 0 Å². The number of thioether (sulfide) groups is 1. The van der Waals surface area contributed by atoms with E-state index >= 15 is 0 Å². The number of carbonyl (C=O) groups is 2. The average Bonchev–Trinajstić information content (AvgIpc) is 2.72. The van der Waals surface area contributed by atoms with Gasteiger partial charge in [-0.3, -0.25) is 9.59 Å². The molecule has 2 aliphatic heterocycles. The maximum absolute atomic E-state index is 13.3. The first-order valence-corrected chi connectivity index (χ1v) is 9.98. The molecule has 0 bridgehead atoms. The highest BCUT2D eigenvalue weighted by molar-refractivity contribution is 8.02. The van der Waals surface area contributed by atoms with E-state index in [0.717, 1.165) is 23.7 Å². The van der Waals surface area contributed by atoms with E-state index in [1.807, 2.05) is 47.4 Å². The van der Waals surface area contributed by atoms with Crippen molar-refractivity contribution in [1.29, 1.82) is 0 Å². The maximum Gasteiger partial charge on any atom is 0.252 e. The molecule has 2 aromatic rings. The van der Waals surface area contributed by atoms with Gasteiger partial charge in [-0.15, -0.1) is 0 Å². The van der Waals surface area contributed by atoms with Crippen molar-refractivity contribution in [1.82, 2.24) is 4.90 Å². The first kappa shape index (κ1) is 17.9. The summed E-state index contributed by atoms with van der Waals surface area (Å²) in [6.45, 7) is 4.57. The first-order valence-electron chi connectivity index (χ1n) is 9.16. The van der Waals surface area contributed by atoms with Gasteiger partial charge in [0.25, 0.3) is 5.91 Å². The van der Waals surface area contributed by atoms with Crippen LogP contribution >= 0.6 is 11.8 Å². The number of carbonyl (C=O) groups excluding carboxylic acids is 2. The van der Waals surface area contributed by atoms with E-state index in [9.17, 15) is 9.59 Å². The second kappa shape index (κ2) is 6.93. The number of hydrogen-bond donors (Lipinski definition) is 0. The van der Waals surface area contributed by atoms with Crippen LogP contribution in [0.4, 0.5) is 11.4 Å². The Hall–Kier alpha value is -2.47. The van der Waals surface area contributed by atoms with Gasteiger partial charge in [0.2, 0.25) is 5.91 Å². The molecule has 6 heteroatoms. The lowest BCUT2D eigenvalue weighted by Gasteiger charge is -2.42. The Morgan fingerprint density at radius 3 is 2.30 bits per heavy atom. The minimum Gasteiger partial charge on any atom is -0.368 e. The van der Waals surface area contributed by atoms with Crippen molar-refractivity contribution < 1.29 is 9.59 Å². The first-order chi connectivity index (χ1) is 13.0. The van der Waals surface area contributed by atoms with E-state index < -0.39 is 4.75 Å². The van der Waals surface area contributed by atoms with E-state index in [-0.39, 0.29) is 11.8 Å². The fourth-order valence-corrected chi connectivity index (χ4v) is 5.09. The molecule has 2 heterocycles. The van der Waals surface area contributed by atoms with Crippen LogP contribution in [0.15, 0.2) is 59.5 Å². The number of para-hydroxylation sites is 2. The van der Waals surface area contributed by atoms with E-state index in [1.165, 1.54) is 17.4 Å². The molecule has 0 aromatic heterocycles. The normalized spacial score (nSPS) is 22.6. The molecule has 1 atom stereocenters. The second-order valence-electron chi connectivity index (χ2n) is 7.08. The van der Waals surface area contributed by atoms with E-state index in [1.54, 1.807) is 18.9 Å². The van der Waals surface area contributed by atoms with Gasteiger partial charge in [0.05, 0.1) is 5.69 Å². The van der Waals surface area contributed by atoms with Crippen molar-refractivity contribution in [2.75, 3.05) is 43.0 Å². The van der Waals surface area contributed by atoms with E-state index in [2.05, 4.69) is 17.0 Å². The highest BCUT2D eigenvalue weighted by Gasteiger charge is 2.50.